The monoisotopic (exact) mass is 354 g/mol. The molecule has 6 nitrogen and oxygen atoms in total. The minimum atomic E-state index is -0.133. The molecule has 134 valence electrons. The normalized spacial score (nSPS) is 15.7. The van der Waals surface area contributed by atoms with Gasteiger partial charge in [-0.05, 0) is 23.8 Å². The molecule has 6 heteroatoms. The van der Waals surface area contributed by atoms with Crippen molar-refractivity contribution in [2.75, 3.05) is 27.4 Å². The fraction of sp³-hybridized carbons (Fsp3) is 0.250. The Labute approximate surface area is 149 Å². The van der Waals surface area contributed by atoms with Gasteiger partial charge < -0.3 is 23.4 Å². The highest BCUT2D eigenvalue weighted by atomic mass is 16.6. The van der Waals surface area contributed by atoms with Gasteiger partial charge in [-0.2, -0.15) is 0 Å². The van der Waals surface area contributed by atoms with Crippen LogP contribution >= 0.6 is 0 Å². The molecule has 1 unspecified atom stereocenters. The molecule has 0 bridgehead atoms. The third kappa shape index (κ3) is 3.11. The summed E-state index contributed by atoms with van der Waals surface area (Å²) in [6.07, 6.45) is 1.59. The zero-order valence-corrected chi connectivity index (χ0v) is 14.5. The summed E-state index contributed by atoms with van der Waals surface area (Å²) in [5, 5.41) is 0.435. The van der Waals surface area contributed by atoms with Crippen LogP contribution in [0.5, 0.6) is 17.2 Å². The Morgan fingerprint density at radius 3 is 2.50 bits per heavy atom. The number of epoxide rings is 1. The molecule has 2 aromatic carbocycles. The molecule has 2 heterocycles. The Kier molecular flexibility index (Phi) is 4.26. The Balaban J connectivity index is 1.76. The molecule has 0 radical (unpaired) electrons. The summed E-state index contributed by atoms with van der Waals surface area (Å²) >= 11 is 0. The maximum absolute atomic E-state index is 12.9. The summed E-state index contributed by atoms with van der Waals surface area (Å²) in [5.74, 6) is 1.73. The number of benzene rings is 2. The van der Waals surface area contributed by atoms with Crippen molar-refractivity contribution in [2.24, 2.45) is 0 Å². The lowest BCUT2D eigenvalue weighted by Crippen LogP contribution is -2.08. The second kappa shape index (κ2) is 6.72. The van der Waals surface area contributed by atoms with E-state index in [1.54, 1.807) is 31.4 Å². The van der Waals surface area contributed by atoms with E-state index in [1.165, 1.54) is 13.4 Å². The molecule has 0 N–H and O–H groups in total. The quantitative estimate of drug-likeness (QED) is 0.633. The van der Waals surface area contributed by atoms with Crippen LogP contribution in [0, 0.1) is 0 Å². The van der Waals surface area contributed by atoms with Gasteiger partial charge in [0.15, 0.2) is 11.5 Å². The van der Waals surface area contributed by atoms with Crippen LogP contribution in [0.1, 0.15) is 0 Å². The highest BCUT2D eigenvalue weighted by Crippen LogP contribution is 2.33. The van der Waals surface area contributed by atoms with Gasteiger partial charge in [0, 0.05) is 6.07 Å². The van der Waals surface area contributed by atoms with E-state index in [-0.39, 0.29) is 11.5 Å². The van der Waals surface area contributed by atoms with Gasteiger partial charge in [0.2, 0.25) is 5.43 Å². The van der Waals surface area contributed by atoms with Crippen LogP contribution in [0.25, 0.3) is 22.1 Å². The van der Waals surface area contributed by atoms with Gasteiger partial charge in [0.05, 0.1) is 31.8 Å². The molecule has 1 aliphatic rings. The Bertz CT molecular complexity index is 986. The lowest BCUT2D eigenvalue weighted by Gasteiger charge is -2.11. The summed E-state index contributed by atoms with van der Waals surface area (Å²) < 4.78 is 27.1. The van der Waals surface area contributed by atoms with Gasteiger partial charge in [0.1, 0.15) is 30.3 Å². The fourth-order valence-corrected chi connectivity index (χ4v) is 2.73. The summed E-state index contributed by atoms with van der Waals surface area (Å²) in [6.45, 7) is 1.15. The topological polar surface area (TPSA) is 70.4 Å². The van der Waals surface area contributed by atoms with Crippen LogP contribution < -0.4 is 19.6 Å². The molecule has 0 saturated carbocycles. The fourth-order valence-electron chi connectivity index (χ4n) is 2.73. The van der Waals surface area contributed by atoms with Crippen molar-refractivity contribution in [2.45, 2.75) is 6.10 Å². The van der Waals surface area contributed by atoms with Crippen molar-refractivity contribution in [3.8, 4) is 28.4 Å². The highest BCUT2D eigenvalue weighted by molar-refractivity contribution is 5.84. The van der Waals surface area contributed by atoms with Gasteiger partial charge in [-0.25, -0.2) is 0 Å². The number of rotatable bonds is 6. The molecular weight excluding hydrogens is 336 g/mol. The molecule has 1 aliphatic heterocycles. The van der Waals surface area contributed by atoms with E-state index >= 15 is 0 Å². The summed E-state index contributed by atoms with van der Waals surface area (Å²) in [7, 11) is 3.14. The van der Waals surface area contributed by atoms with Crippen LogP contribution in [-0.2, 0) is 4.74 Å². The van der Waals surface area contributed by atoms with Gasteiger partial charge in [-0.1, -0.05) is 12.1 Å². The van der Waals surface area contributed by atoms with Gasteiger partial charge in [-0.3, -0.25) is 4.79 Å². The first kappa shape index (κ1) is 16.5. The summed E-state index contributed by atoms with van der Waals surface area (Å²) in [4.78, 5) is 12.9. The van der Waals surface area contributed by atoms with Crippen molar-refractivity contribution < 1.29 is 23.4 Å². The lowest BCUT2D eigenvalue weighted by molar-refractivity contribution is 0.252. The predicted octanol–water partition coefficient (Wildman–Crippen LogP) is 3.25. The van der Waals surface area contributed by atoms with Crippen LogP contribution in [0.4, 0.5) is 0 Å². The zero-order chi connectivity index (χ0) is 18.1. The van der Waals surface area contributed by atoms with Crippen LogP contribution in [0.15, 0.2) is 51.9 Å². The molecular formula is C20H18O6. The maximum Gasteiger partial charge on any atom is 0.200 e. The van der Waals surface area contributed by atoms with Crippen LogP contribution in [0.3, 0.4) is 0 Å². The number of hydrogen-bond acceptors (Lipinski definition) is 6. The largest absolute Gasteiger partial charge is 0.497 e. The molecule has 4 rings (SSSR count). The highest BCUT2D eigenvalue weighted by Gasteiger charge is 2.24. The molecule has 1 fully saturated rings. The van der Waals surface area contributed by atoms with E-state index < -0.39 is 0 Å². The third-order valence-corrected chi connectivity index (χ3v) is 4.29. The van der Waals surface area contributed by atoms with Crippen molar-refractivity contribution in [1.82, 2.24) is 0 Å². The Hall–Kier alpha value is -2.99. The molecule has 0 amide bonds. The van der Waals surface area contributed by atoms with Crippen LogP contribution in [-0.4, -0.2) is 33.5 Å². The number of fused-ring (bicyclic) bond motifs is 1. The lowest BCUT2D eigenvalue weighted by atomic mass is 10.1. The summed E-state index contributed by atoms with van der Waals surface area (Å²) in [6, 6.07) is 10.6. The molecule has 0 aliphatic carbocycles. The van der Waals surface area contributed by atoms with E-state index in [9.17, 15) is 4.79 Å². The third-order valence-electron chi connectivity index (χ3n) is 4.29. The van der Waals surface area contributed by atoms with Crippen LogP contribution in [0.2, 0.25) is 0 Å². The molecule has 1 saturated heterocycles. The number of hydrogen-bond donors (Lipinski definition) is 0. The second-order valence-corrected chi connectivity index (χ2v) is 5.97. The predicted molar refractivity (Wildman–Crippen MR) is 96.3 cm³/mol. The van der Waals surface area contributed by atoms with Gasteiger partial charge in [0.25, 0.3) is 0 Å². The average Bonchev–Trinajstić information content (AvgIpc) is 3.51. The van der Waals surface area contributed by atoms with E-state index in [4.69, 9.17) is 23.4 Å². The molecule has 3 aromatic rings. The first-order valence-electron chi connectivity index (χ1n) is 8.22. The van der Waals surface area contributed by atoms with Gasteiger partial charge in [-0.15, -0.1) is 0 Å². The number of methoxy groups -OCH3 is 2. The van der Waals surface area contributed by atoms with Crippen molar-refractivity contribution in [3.63, 3.8) is 0 Å². The standard InChI is InChI=1S/C20H18O6/c1-22-13-5-3-12(4-6-13)16-11-26-17-8-19(25-10-14-9-24-14)18(23-2)7-15(17)20(16)21/h3-8,11,14H,9-10H2,1-2H3. The van der Waals surface area contributed by atoms with Gasteiger partial charge >= 0.3 is 0 Å². The molecule has 1 aromatic heterocycles. The van der Waals surface area contributed by atoms with E-state index in [1.807, 2.05) is 12.1 Å². The first-order valence-corrected chi connectivity index (χ1v) is 8.22. The summed E-state index contributed by atoms with van der Waals surface area (Å²) in [5.41, 5.74) is 1.54. The van der Waals surface area contributed by atoms with E-state index in [0.717, 1.165) is 11.3 Å². The SMILES string of the molecule is COc1ccc(-c2coc3cc(OCC4CO4)c(OC)cc3c2=O)cc1. The van der Waals surface area contributed by atoms with Crippen molar-refractivity contribution >= 4 is 11.0 Å². The van der Waals surface area contributed by atoms with E-state index in [0.29, 0.717) is 41.2 Å². The average molecular weight is 354 g/mol. The smallest absolute Gasteiger partial charge is 0.200 e. The zero-order valence-electron chi connectivity index (χ0n) is 14.5. The Morgan fingerprint density at radius 1 is 1.08 bits per heavy atom. The number of ether oxygens (including phenoxy) is 4. The first-order chi connectivity index (χ1) is 12.7. The van der Waals surface area contributed by atoms with Crippen molar-refractivity contribution in [3.05, 3.63) is 52.9 Å². The Morgan fingerprint density at radius 2 is 1.85 bits per heavy atom. The van der Waals surface area contributed by atoms with Crippen molar-refractivity contribution in [1.29, 1.82) is 0 Å². The molecule has 26 heavy (non-hydrogen) atoms. The van der Waals surface area contributed by atoms with E-state index in [2.05, 4.69) is 0 Å². The second-order valence-electron chi connectivity index (χ2n) is 5.97. The minimum Gasteiger partial charge on any atom is -0.497 e. The minimum absolute atomic E-state index is 0.125. The molecule has 0 spiro atoms. The maximum atomic E-state index is 12.9. The molecule has 1 atom stereocenters.